The fourth-order valence-corrected chi connectivity index (χ4v) is 2.16. The topological polar surface area (TPSA) is 38.9 Å². The Balaban J connectivity index is 2.11. The highest BCUT2D eigenvalue weighted by molar-refractivity contribution is 7.11. The maximum absolute atomic E-state index is 5.50. The van der Waals surface area contributed by atoms with Gasteiger partial charge in [0.25, 0.3) is 0 Å². The Bertz CT molecular complexity index is 395. The second-order valence-electron chi connectivity index (χ2n) is 3.09. The van der Waals surface area contributed by atoms with Gasteiger partial charge in [-0.25, -0.2) is 4.98 Å². The van der Waals surface area contributed by atoms with Crippen LogP contribution in [0.1, 0.15) is 15.4 Å². The molecule has 0 radical (unpaired) electrons. The number of thiazole rings is 1. The first-order valence-corrected chi connectivity index (χ1v) is 5.37. The van der Waals surface area contributed by atoms with Crippen LogP contribution in [0.2, 0.25) is 0 Å². The summed E-state index contributed by atoms with van der Waals surface area (Å²) >= 11 is 1.69. The zero-order chi connectivity index (χ0) is 9.80. The van der Waals surface area contributed by atoms with Crippen LogP contribution < -0.4 is 5.73 Å². The summed E-state index contributed by atoms with van der Waals surface area (Å²) in [6.07, 6.45) is 2.87. The van der Waals surface area contributed by atoms with Crippen LogP contribution >= 0.6 is 11.3 Å². The van der Waals surface area contributed by atoms with Gasteiger partial charge in [-0.1, -0.05) is 30.3 Å². The molecule has 0 unspecified atom stereocenters. The molecule has 2 nitrogen and oxygen atoms in total. The fourth-order valence-electron chi connectivity index (χ4n) is 1.32. The van der Waals surface area contributed by atoms with E-state index in [1.165, 1.54) is 10.4 Å². The summed E-state index contributed by atoms with van der Waals surface area (Å²) in [5.74, 6) is 0. The first-order valence-electron chi connectivity index (χ1n) is 4.56. The monoisotopic (exact) mass is 204 g/mol. The summed E-state index contributed by atoms with van der Waals surface area (Å²) in [5, 5.41) is 1.01. The number of hydrogen-bond acceptors (Lipinski definition) is 3. The molecule has 1 aromatic carbocycles. The molecule has 0 spiro atoms. The van der Waals surface area contributed by atoms with Gasteiger partial charge in [-0.3, -0.25) is 0 Å². The molecule has 0 fully saturated rings. The van der Waals surface area contributed by atoms with E-state index in [0.29, 0.717) is 6.54 Å². The van der Waals surface area contributed by atoms with E-state index in [1.807, 2.05) is 12.3 Å². The lowest BCUT2D eigenvalue weighted by molar-refractivity contribution is 1.04. The van der Waals surface area contributed by atoms with E-state index in [4.69, 9.17) is 5.73 Å². The van der Waals surface area contributed by atoms with Crippen molar-refractivity contribution in [3.05, 3.63) is 52.0 Å². The van der Waals surface area contributed by atoms with Crippen molar-refractivity contribution in [1.29, 1.82) is 0 Å². The van der Waals surface area contributed by atoms with E-state index in [2.05, 4.69) is 29.2 Å². The minimum atomic E-state index is 0.541. The molecule has 72 valence electrons. The van der Waals surface area contributed by atoms with Gasteiger partial charge >= 0.3 is 0 Å². The third kappa shape index (κ3) is 2.19. The molecule has 0 aliphatic heterocycles. The maximum atomic E-state index is 5.50. The lowest BCUT2D eigenvalue weighted by Gasteiger charge is -1.95. The van der Waals surface area contributed by atoms with E-state index in [1.54, 1.807) is 11.3 Å². The first-order chi connectivity index (χ1) is 6.88. The Kier molecular flexibility index (Phi) is 2.91. The van der Waals surface area contributed by atoms with Crippen LogP contribution in [-0.2, 0) is 13.0 Å². The highest BCUT2D eigenvalue weighted by Gasteiger charge is 2.00. The molecule has 0 aliphatic carbocycles. The van der Waals surface area contributed by atoms with Gasteiger partial charge in [-0.2, -0.15) is 0 Å². The lowest BCUT2D eigenvalue weighted by atomic mass is 10.1. The number of hydrogen-bond donors (Lipinski definition) is 1. The molecular formula is C11H12N2S. The van der Waals surface area contributed by atoms with Crippen LogP contribution in [0.25, 0.3) is 0 Å². The lowest BCUT2D eigenvalue weighted by Crippen LogP contribution is -1.93. The maximum Gasteiger partial charge on any atom is 0.106 e. The van der Waals surface area contributed by atoms with E-state index in [0.717, 1.165) is 11.4 Å². The second kappa shape index (κ2) is 4.35. The summed E-state index contributed by atoms with van der Waals surface area (Å²) in [6, 6.07) is 10.4. The van der Waals surface area contributed by atoms with Crippen molar-refractivity contribution in [2.75, 3.05) is 0 Å². The summed E-state index contributed by atoms with van der Waals surface area (Å²) in [7, 11) is 0. The van der Waals surface area contributed by atoms with E-state index < -0.39 is 0 Å². The van der Waals surface area contributed by atoms with Crippen LogP contribution in [-0.4, -0.2) is 4.98 Å². The van der Waals surface area contributed by atoms with Gasteiger partial charge < -0.3 is 5.73 Å². The Labute approximate surface area is 87.4 Å². The van der Waals surface area contributed by atoms with Gasteiger partial charge in [0, 0.05) is 24.0 Å². The van der Waals surface area contributed by atoms with Crippen molar-refractivity contribution in [2.45, 2.75) is 13.0 Å². The van der Waals surface area contributed by atoms with Crippen molar-refractivity contribution < 1.29 is 0 Å². The Morgan fingerprint density at radius 2 is 2.00 bits per heavy atom. The van der Waals surface area contributed by atoms with Crippen LogP contribution in [0.15, 0.2) is 36.5 Å². The third-order valence-electron chi connectivity index (χ3n) is 2.00. The molecule has 2 N–H and O–H groups in total. The second-order valence-corrected chi connectivity index (χ2v) is 4.29. The molecule has 0 amide bonds. The van der Waals surface area contributed by atoms with Gasteiger partial charge in [0.05, 0.1) is 0 Å². The van der Waals surface area contributed by atoms with Gasteiger partial charge in [0.15, 0.2) is 0 Å². The number of benzene rings is 1. The highest BCUT2D eigenvalue weighted by atomic mass is 32.1. The number of nitrogens with zero attached hydrogens (tertiary/aromatic N) is 1. The van der Waals surface area contributed by atoms with Crippen molar-refractivity contribution >= 4 is 11.3 Å². The minimum absolute atomic E-state index is 0.541. The average Bonchev–Trinajstić information content (AvgIpc) is 2.67. The molecule has 0 aliphatic rings. The molecule has 14 heavy (non-hydrogen) atoms. The molecular weight excluding hydrogens is 192 g/mol. The zero-order valence-corrected chi connectivity index (χ0v) is 8.63. The minimum Gasteiger partial charge on any atom is -0.325 e. The van der Waals surface area contributed by atoms with Gasteiger partial charge in [-0.05, 0) is 5.56 Å². The van der Waals surface area contributed by atoms with Crippen molar-refractivity contribution in [3.8, 4) is 0 Å². The largest absolute Gasteiger partial charge is 0.325 e. The van der Waals surface area contributed by atoms with E-state index >= 15 is 0 Å². The molecule has 1 heterocycles. The quantitative estimate of drug-likeness (QED) is 0.832. The Morgan fingerprint density at radius 3 is 2.64 bits per heavy atom. The average molecular weight is 204 g/mol. The molecule has 1 aromatic heterocycles. The smallest absolute Gasteiger partial charge is 0.106 e. The van der Waals surface area contributed by atoms with Crippen LogP contribution in [0.3, 0.4) is 0 Å². The van der Waals surface area contributed by atoms with Crippen LogP contribution in [0, 0.1) is 0 Å². The van der Waals surface area contributed by atoms with Crippen LogP contribution in [0.4, 0.5) is 0 Å². The van der Waals surface area contributed by atoms with Crippen molar-refractivity contribution in [2.24, 2.45) is 5.73 Å². The summed E-state index contributed by atoms with van der Waals surface area (Å²) in [4.78, 5) is 5.50. The molecule has 0 atom stereocenters. The normalized spacial score (nSPS) is 10.4. The van der Waals surface area contributed by atoms with E-state index in [9.17, 15) is 0 Å². The van der Waals surface area contributed by atoms with Crippen molar-refractivity contribution in [3.63, 3.8) is 0 Å². The number of rotatable bonds is 3. The van der Waals surface area contributed by atoms with Gasteiger partial charge in [0.2, 0.25) is 0 Å². The Hall–Kier alpha value is -1.19. The number of aromatic nitrogens is 1. The molecule has 0 bridgehead atoms. The predicted octanol–water partition coefficient (Wildman–Crippen LogP) is 2.19. The summed E-state index contributed by atoms with van der Waals surface area (Å²) < 4.78 is 0. The third-order valence-corrected chi connectivity index (χ3v) is 3.02. The number of nitrogens with two attached hydrogens (primary N) is 1. The predicted molar refractivity (Wildman–Crippen MR) is 59.3 cm³/mol. The molecule has 0 saturated heterocycles. The summed E-state index contributed by atoms with van der Waals surface area (Å²) in [6.45, 7) is 0.541. The Morgan fingerprint density at radius 1 is 1.21 bits per heavy atom. The summed E-state index contributed by atoms with van der Waals surface area (Å²) in [5.41, 5.74) is 6.82. The first kappa shape index (κ1) is 9.37. The fraction of sp³-hybridized carbons (Fsp3) is 0.182. The molecule has 2 rings (SSSR count). The standard InChI is InChI=1S/C11H12N2S/c12-7-11-13-8-10(14-11)6-9-4-2-1-3-5-9/h1-5,8H,6-7,12H2. The molecule has 2 aromatic rings. The van der Waals surface area contributed by atoms with Gasteiger partial charge in [-0.15, -0.1) is 11.3 Å². The van der Waals surface area contributed by atoms with Gasteiger partial charge in [0.1, 0.15) is 5.01 Å². The van der Waals surface area contributed by atoms with Crippen molar-refractivity contribution in [1.82, 2.24) is 4.98 Å². The SMILES string of the molecule is NCc1ncc(Cc2ccccc2)s1. The molecule has 3 heteroatoms. The highest BCUT2D eigenvalue weighted by Crippen LogP contribution is 2.16. The zero-order valence-electron chi connectivity index (χ0n) is 7.81. The van der Waals surface area contributed by atoms with E-state index in [-0.39, 0.29) is 0 Å². The van der Waals surface area contributed by atoms with Crippen LogP contribution in [0.5, 0.6) is 0 Å². The molecule has 0 saturated carbocycles.